The molecule has 48 heavy (non-hydrogen) atoms. The molecular formula is C33H29Cl2F4N3O6. The molecule has 2 bridgehead atoms. The van der Waals surface area contributed by atoms with Crippen LogP contribution in [0.2, 0.25) is 10.0 Å². The van der Waals surface area contributed by atoms with Gasteiger partial charge < -0.3 is 34.0 Å². The number of hydrogen-bond acceptors (Lipinski definition) is 7. The summed E-state index contributed by atoms with van der Waals surface area (Å²) in [7, 11) is 1.01. The number of para-hydroxylation sites is 1. The van der Waals surface area contributed by atoms with Crippen molar-refractivity contribution >= 4 is 46.5 Å². The zero-order valence-electron chi connectivity index (χ0n) is 25.5. The second kappa shape index (κ2) is 12.0. The first-order chi connectivity index (χ1) is 22.8. The number of carboxylic acids is 1. The fourth-order valence-corrected chi connectivity index (χ4v) is 7.71. The van der Waals surface area contributed by atoms with E-state index in [0.29, 0.717) is 41.5 Å². The highest BCUT2D eigenvalue weighted by molar-refractivity contribution is 6.40. The number of ether oxygens (including phenoxy) is 3. The van der Waals surface area contributed by atoms with Crippen molar-refractivity contribution in [1.82, 2.24) is 4.90 Å². The van der Waals surface area contributed by atoms with Gasteiger partial charge in [-0.05, 0) is 37.1 Å². The Morgan fingerprint density at radius 1 is 1.02 bits per heavy atom. The van der Waals surface area contributed by atoms with Crippen molar-refractivity contribution in [2.24, 2.45) is 0 Å². The van der Waals surface area contributed by atoms with E-state index in [1.165, 1.54) is 21.9 Å². The van der Waals surface area contributed by atoms with Crippen molar-refractivity contribution < 1.29 is 46.5 Å². The summed E-state index contributed by atoms with van der Waals surface area (Å²) in [6, 6.07) is 10.4. The maximum absolute atomic E-state index is 15.7. The summed E-state index contributed by atoms with van der Waals surface area (Å²) < 4.78 is 72.6. The van der Waals surface area contributed by atoms with E-state index >= 15 is 4.39 Å². The molecule has 1 N–H and O–H groups in total. The van der Waals surface area contributed by atoms with Crippen LogP contribution in [0.25, 0.3) is 11.1 Å². The molecule has 0 radical (unpaired) electrons. The first-order valence-corrected chi connectivity index (χ1v) is 15.9. The van der Waals surface area contributed by atoms with Crippen molar-refractivity contribution in [2.45, 2.75) is 43.2 Å². The quantitative estimate of drug-likeness (QED) is 0.286. The van der Waals surface area contributed by atoms with Gasteiger partial charge in [-0.1, -0.05) is 41.4 Å². The minimum Gasteiger partial charge on any atom is -0.478 e. The zero-order valence-corrected chi connectivity index (χ0v) is 27.0. The molecule has 4 aliphatic heterocycles. The molecule has 0 spiro atoms. The van der Waals surface area contributed by atoms with E-state index in [2.05, 4.69) is 0 Å². The molecule has 2 atom stereocenters. The third kappa shape index (κ3) is 5.31. The van der Waals surface area contributed by atoms with E-state index < -0.39 is 42.6 Å². The van der Waals surface area contributed by atoms with Gasteiger partial charge in [-0.3, -0.25) is 4.79 Å². The second-order valence-corrected chi connectivity index (χ2v) is 13.2. The van der Waals surface area contributed by atoms with E-state index in [-0.39, 0.29) is 52.1 Å². The van der Waals surface area contributed by atoms with E-state index in [0.717, 1.165) is 26.0 Å². The van der Waals surface area contributed by atoms with Crippen LogP contribution in [0.15, 0.2) is 42.5 Å². The molecule has 3 aromatic carbocycles. The number of amides is 1. The highest BCUT2D eigenvalue weighted by atomic mass is 35.5. The van der Waals surface area contributed by atoms with Crippen molar-refractivity contribution in [2.75, 3.05) is 49.9 Å². The second-order valence-electron chi connectivity index (χ2n) is 12.4. The maximum atomic E-state index is 15.7. The van der Waals surface area contributed by atoms with Gasteiger partial charge in [0.05, 0.1) is 71.8 Å². The molecule has 3 saturated heterocycles. The standard InChI is InChI=1S/C33H29Cl2F4N3O6/c1-46-32(33(37,38)39)14-41(15-32)20-7-24(34)28(25(35)8-20)30(43)40-11-17-3-2-4-21(29(17)48-16-40)22-10-27(23(31(44)45)9-26(22)36)42-18-5-6-19(42)13-47-12-18/h2-4,7-10,18-19H,5-6,11-16H2,1H3,(H,44,45). The zero-order chi connectivity index (χ0) is 34.1. The number of rotatable bonds is 6. The minimum absolute atomic E-state index is 0.0157. The first-order valence-electron chi connectivity index (χ1n) is 15.1. The number of carbonyl (C=O) groups is 2. The predicted molar refractivity (Wildman–Crippen MR) is 169 cm³/mol. The number of nitrogens with zero attached hydrogens (tertiary/aromatic N) is 3. The van der Waals surface area contributed by atoms with Gasteiger partial charge in [0.25, 0.3) is 5.91 Å². The van der Waals surface area contributed by atoms with Crippen molar-refractivity contribution in [3.63, 3.8) is 0 Å². The fraction of sp³-hybridized carbons (Fsp3) is 0.394. The third-order valence-corrected chi connectivity index (χ3v) is 10.2. The van der Waals surface area contributed by atoms with Crippen LogP contribution >= 0.6 is 23.2 Å². The number of fused-ring (bicyclic) bond motifs is 3. The van der Waals surface area contributed by atoms with E-state index in [1.807, 2.05) is 4.90 Å². The first kappa shape index (κ1) is 32.8. The number of carbonyl (C=O) groups excluding carboxylic acids is 1. The number of aromatic carboxylic acids is 1. The Balaban J connectivity index is 1.15. The summed E-state index contributed by atoms with van der Waals surface area (Å²) >= 11 is 13.0. The van der Waals surface area contributed by atoms with Gasteiger partial charge in [-0.25, -0.2) is 9.18 Å². The Hall–Kier alpha value is -3.78. The molecule has 3 fully saturated rings. The molecule has 15 heteroatoms. The van der Waals surface area contributed by atoms with Crippen molar-refractivity contribution in [1.29, 1.82) is 0 Å². The lowest BCUT2D eigenvalue weighted by Gasteiger charge is -2.50. The average Bonchev–Trinajstić information content (AvgIpc) is 3.25. The fourth-order valence-electron chi connectivity index (χ4n) is 7.07. The number of morpholine rings is 1. The molecular weight excluding hydrogens is 681 g/mol. The molecule has 7 rings (SSSR count). The SMILES string of the molecule is COC1(C(F)(F)F)CN(c2cc(Cl)c(C(=O)N3COc4c(cccc4-c4cc(N5C6CCC5COC6)c(C(=O)O)cc4F)C3)c(Cl)c2)C1. The van der Waals surface area contributed by atoms with Crippen LogP contribution in [-0.2, 0) is 16.0 Å². The lowest BCUT2D eigenvalue weighted by Crippen LogP contribution is -2.70. The predicted octanol–water partition coefficient (Wildman–Crippen LogP) is 6.63. The van der Waals surface area contributed by atoms with Crippen LogP contribution in [0, 0.1) is 5.82 Å². The summed E-state index contributed by atoms with van der Waals surface area (Å²) in [6.45, 7) is -0.183. The molecule has 4 heterocycles. The van der Waals surface area contributed by atoms with Crippen LogP contribution in [0.5, 0.6) is 5.75 Å². The number of halogens is 6. The number of hydrogen-bond donors (Lipinski definition) is 1. The Morgan fingerprint density at radius 3 is 2.29 bits per heavy atom. The summed E-state index contributed by atoms with van der Waals surface area (Å²) in [5.74, 6) is -2.19. The van der Waals surface area contributed by atoms with Crippen molar-refractivity contribution in [3.8, 4) is 16.9 Å². The molecule has 0 aliphatic carbocycles. The summed E-state index contributed by atoms with van der Waals surface area (Å²) in [5.41, 5.74) is -0.632. The normalized spacial score (nSPS) is 21.4. The molecule has 9 nitrogen and oxygen atoms in total. The van der Waals surface area contributed by atoms with E-state index in [1.54, 1.807) is 24.3 Å². The van der Waals surface area contributed by atoms with Gasteiger partial charge >= 0.3 is 12.1 Å². The summed E-state index contributed by atoms with van der Waals surface area (Å²) in [6.07, 6.45) is -2.89. The number of benzene rings is 3. The van der Waals surface area contributed by atoms with Gasteiger partial charge in [-0.2, -0.15) is 13.2 Å². The molecule has 0 saturated carbocycles. The third-order valence-electron chi connectivity index (χ3n) is 9.64. The Morgan fingerprint density at radius 2 is 1.69 bits per heavy atom. The van der Waals surface area contributed by atoms with Gasteiger partial charge in [0.1, 0.15) is 11.6 Å². The van der Waals surface area contributed by atoms with Gasteiger partial charge in [-0.15, -0.1) is 0 Å². The van der Waals surface area contributed by atoms with Crippen LogP contribution < -0.4 is 14.5 Å². The van der Waals surface area contributed by atoms with Crippen LogP contribution in [-0.4, -0.2) is 85.9 Å². The number of methoxy groups -OCH3 is 1. The number of anilines is 2. The Kier molecular flexibility index (Phi) is 8.17. The molecule has 0 aromatic heterocycles. The smallest absolute Gasteiger partial charge is 0.420 e. The highest BCUT2D eigenvalue weighted by Crippen LogP contribution is 2.45. The molecule has 4 aliphatic rings. The topological polar surface area (TPSA) is 91.8 Å². The molecule has 3 aromatic rings. The Bertz CT molecular complexity index is 1780. The largest absolute Gasteiger partial charge is 0.478 e. The van der Waals surface area contributed by atoms with Crippen molar-refractivity contribution in [3.05, 3.63) is 75.0 Å². The molecule has 1 amide bonds. The number of alkyl halides is 3. The van der Waals surface area contributed by atoms with E-state index in [9.17, 15) is 27.9 Å². The maximum Gasteiger partial charge on any atom is 0.420 e. The molecule has 2 unspecified atom stereocenters. The summed E-state index contributed by atoms with van der Waals surface area (Å²) in [4.78, 5) is 30.6. The molecule has 254 valence electrons. The van der Waals surface area contributed by atoms with Gasteiger partial charge in [0, 0.05) is 29.5 Å². The van der Waals surface area contributed by atoms with Gasteiger partial charge in [0.15, 0.2) is 12.3 Å². The lowest BCUT2D eigenvalue weighted by molar-refractivity contribution is -0.277. The van der Waals surface area contributed by atoms with Gasteiger partial charge in [0.2, 0.25) is 0 Å². The lowest BCUT2D eigenvalue weighted by atomic mass is 9.92. The minimum atomic E-state index is -4.56. The summed E-state index contributed by atoms with van der Waals surface area (Å²) in [5, 5.41) is 9.85. The van der Waals surface area contributed by atoms with Crippen LogP contribution in [0.4, 0.5) is 28.9 Å². The van der Waals surface area contributed by atoms with E-state index in [4.69, 9.17) is 37.4 Å². The number of carboxylic acid groups (broad SMARTS) is 1. The average molecular weight is 711 g/mol. The Labute approximate surface area is 282 Å². The highest BCUT2D eigenvalue weighted by Gasteiger charge is 2.63. The van der Waals surface area contributed by atoms with Crippen LogP contribution in [0.1, 0.15) is 39.1 Å². The van der Waals surface area contributed by atoms with Crippen LogP contribution in [0.3, 0.4) is 0 Å². The monoisotopic (exact) mass is 709 g/mol.